The number of hydrogen-bond donors (Lipinski definition) is 2. The third-order valence-corrected chi connectivity index (χ3v) is 7.00. The Labute approximate surface area is 198 Å². The van der Waals surface area contributed by atoms with Crippen LogP contribution in [0.2, 0.25) is 0 Å². The van der Waals surface area contributed by atoms with Crippen molar-refractivity contribution in [1.82, 2.24) is 0 Å². The summed E-state index contributed by atoms with van der Waals surface area (Å²) in [5.74, 6) is 0.167. The van der Waals surface area contributed by atoms with Crippen molar-refractivity contribution in [2.45, 2.75) is 123 Å². The number of unbranched alkanes of at least 4 members (excludes halogenated alkanes) is 13. The molecule has 0 aliphatic rings. The summed E-state index contributed by atoms with van der Waals surface area (Å²) in [6, 6.07) is 0. The summed E-state index contributed by atoms with van der Waals surface area (Å²) in [5.41, 5.74) is 0. The second-order valence-electron chi connectivity index (χ2n) is 9.14. The van der Waals surface area contributed by atoms with E-state index in [1.54, 1.807) is 0 Å². The van der Waals surface area contributed by atoms with Crippen molar-refractivity contribution in [3.05, 3.63) is 0 Å². The van der Waals surface area contributed by atoms with Gasteiger partial charge >= 0.3 is 7.82 Å². The summed E-state index contributed by atoms with van der Waals surface area (Å²) in [7, 11) is -2.16. The van der Waals surface area contributed by atoms with Crippen LogP contribution in [-0.4, -0.2) is 37.5 Å². The van der Waals surface area contributed by atoms with Gasteiger partial charge in [-0.1, -0.05) is 104 Å². The fourth-order valence-electron chi connectivity index (χ4n) is 3.86. The molecule has 0 aliphatic carbocycles. The van der Waals surface area contributed by atoms with Crippen molar-refractivity contribution in [2.75, 3.05) is 26.8 Å². The minimum absolute atomic E-state index is 0.0124. The third-order valence-electron chi connectivity index (χ3n) is 6.01. The van der Waals surface area contributed by atoms with Gasteiger partial charge in [0, 0.05) is 12.8 Å². The van der Waals surface area contributed by atoms with Crippen molar-refractivity contribution < 1.29 is 28.6 Å². The van der Waals surface area contributed by atoms with Crippen LogP contribution in [0, 0.1) is 5.92 Å². The first kappa shape index (κ1) is 31.7. The average Bonchev–Trinajstić information content (AvgIpc) is 2.77. The van der Waals surface area contributed by atoms with Gasteiger partial charge in [-0.25, -0.2) is 4.57 Å². The van der Waals surface area contributed by atoms with Crippen molar-refractivity contribution in [2.24, 2.45) is 5.92 Å². The number of rotatable bonds is 25. The van der Waals surface area contributed by atoms with Crippen LogP contribution in [0.3, 0.4) is 0 Å². The molecule has 0 spiro atoms. The number of phosphoric acid groups is 1. The van der Waals surface area contributed by atoms with Crippen LogP contribution >= 0.6 is 7.82 Å². The SMILES string of the molecule is CCCCCCCCCCCCCCCCC(COP(=O)(O)OCC[NH2+]C)CC(=O)CC. The molecule has 3 N–H and O–H groups in total. The normalized spacial score (nSPS) is 14.4. The van der Waals surface area contributed by atoms with Gasteiger partial charge in [-0.2, -0.15) is 0 Å². The molecule has 32 heavy (non-hydrogen) atoms. The predicted octanol–water partition coefficient (Wildman–Crippen LogP) is 6.17. The van der Waals surface area contributed by atoms with E-state index >= 15 is 0 Å². The van der Waals surface area contributed by atoms with E-state index in [1.165, 1.54) is 77.0 Å². The topological polar surface area (TPSA) is 89.4 Å². The van der Waals surface area contributed by atoms with Crippen LogP contribution in [0.1, 0.15) is 123 Å². The van der Waals surface area contributed by atoms with E-state index in [-0.39, 0.29) is 24.9 Å². The van der Waals surface area contributed by atoms with Gasteiger partial charge in [0.05, 0.1) is 20.2 Å². The fraction of sp³-hybridized carbons (Fsp3) is 0.960. The predicted molar refractivity (Wildman–Crippen MR) is 133 cm³/mol. The Bertz CT molecular complexity index is 475. The molecule has 192 valence electrons. The van der Waals surface area contributed by atoms with Gasteiger partial charge in [-0.05, 0) is 12.3 Å². The van der Waals surface area contributed by atoms with E-state index in [2.05, 4.69) is 6.92 Å². The Morgan fingerprint density at radius 2 is 1.34 bits per heavy atom. The Morgan fingerprint density at radius 1 is 0.844 bits per heavy atom. The number of quaternary nitrogens is 1. The largest absolute Gasteiger partial charge is 0.472 e. The van der Waals surface area contributed by atoms with Gasteiger partial charge < -0.3 is 10.2 Å². The molecule has 0 aromatic heterocycles. The Morgan fingerprint density at radius 3 is 1.81 bits per heavy atom. The van der Waals surface area contributed by atoms with Gasteiger partial charge in [-0.15, -0.1) is 0 Å². The zero-order valence-corrected chi connectivity index (χ0v) is 22.2. The number of phosphoric ester groups is 1. The van der Waals surface area contributed by atoms with Crippen LogP contribution in [0.25, 0.3) is 0 Å². The standard InChI is InChI=1S/C25H52NO5P/c1-4-6-7-8-9-10-11-12-13-14-15-16-17-18-19-24(22-25(27)5-2)23-31-32(28,29)30-21-20-26-3/h24,26H,4-23H2,1-3H3,(H,28,29)/p+1. The minimum atomic E-state index is -4.03. The van der Waals surface area contributed by atoms with Crippen molar-refractivity contribution in [3.8, 4) is 0 Å². The highest BCUT2D eigenvalue weighted by Gasteiger charge is 2.24. The molecule has 0 saturated carbocycles. The molecule has 0 aliphatic heterocycles. The zero-order chi connectivity index (χ0) is 23.9. The lowest BCUT2D eigenvalue weighted by molar-refractivity contribution is -0.627. The molecular formula is C25H53NO5P+. The summed E-state index contributed by atoms with van der Waals surface area (Å²) < 4.78 is 22.1. The number of nitrogens with two attached hydrogens (primary N) is 1. The lowest BCUT2D eigenvalue weighted by Crippen LogP contribution is -2.80. The monoisotopic (exact) mass is 478 g/mol. The Kier molecular flexibility index (Phi) is 22.3. The van der Waals surface area contributed by atoms with E-state index in [0.717, 1.165) is 19.3 Å². The maximum absolute atomic E-state index is 12.0. The molecular weight excluding hydrogens is 425 g/mol. The number of Topliss-reactive ketones (excluding diaryl/α,β-unsaturated/α-hetero) is 1. The Hall–Kier alpha value is -0.260. The van der Waals surface area contributed by atoms with E-state index in [1.807, 2.05) is 19.3 Å². The molecule has 0 saturated heterocycles. The van der Waals surface area contributed by atoms with Crippen LogP contribution in [0.4, 0.5) is 0 Å². The highest BCUT2D eigenvalue weighted by molar-refractivity contribution is 7.47. The van der Waals surface area contributed by atoms with E-state index in [0.29, 0.717) is 19.4 Å². The first-order chi connectivity index (χ1) is 15.4. The summed E-state index contributed by atoms with van der Waals surface area (Å²) in [5, 5.41) is 1.87. The number of likely N-dealkylation sites (N-methyl/N-ethyl adjacent to an activating group) is 1. The maximum atomic E-state index is 12.0. The van der Waals surface area contributed by atoms with Gasteiger partial charge in [0.15, 0.2) is 0 Å². The fourth-order valence-corrected chi connectivity index (χ4v) is 4.67. The number of carbonyl (C=O) groups is 1. The summed E-state index contributed by atoms with van der Waals surface area (Å²) in [6.07, 6.45) is 20.2. The zero-order valence-electron chi connectivity index (χ0n) is 21.3. The number of carbonyl (C=O) groups excluding carboxylic acids is 1. The second-order valence-corrected chi connectivity index (χ2v) is 10.6. The van der Waals surface area contributed by atoms with Crippen molar-refractivity contribution in [3.63, 3.8) is 0 Å². The van der Waals surface area contributed by atoms with E-state index in [4.69, 9.17) is 9.05 Å². The molecule has 0 fully saturated rings. The van der Waals surface area contributed by atoms with Crippen molar-refractivity contribution >= 4 is 13.6 Å². The molecule has 0 aromatic rings. The first-order valence-corrected chi connectivity index (χ1v) is 14.9. The van der Waals surface area contributed by atoms with Gasteiger partial charge in [-0.3, -0.25) is 13.8 Å². The van der Waals surface area contributed by atoms with Gasteiger partial charge in [0.1, 0.15) is 12.4 Å². The third kappa shape index (κ3) is 21.6. The van der Waals surface area contributed by atoms with E-state index in [9.17, 15) is 14.3 Å². The summed E-state index contributed by atoms with van der Waals surface area (Å²) in [6.45, 7) is 4.99. The molecule has 0 heterocycles. The van der Waals surface area contributed by atoms with Crippen LogP contribution in [-0.2, 0) is 18.4 Å². The minimum Gasteiger partial charge on any atom is -0.347 e. The molecule has 0 bridgehead atoms. The average molecular weight is 479 g/mol. The van der Waals surface area contributed by atoms with Crippen molar-refractivity contribution in [1.29, 1.82) is 0 Å². The highest BCUT2D eigenvalue weighted by atomic mass is 31.2. The summed E-state index contributed by atoms with van der Waals surface area (Å²) >= 11 is 0. The molecule has 0 aromatic carbocycles. The molecule has 0 radical (unpaired) electrons. The molecule has 6 nitrogen and oxygen atoms in total. The smallest absolute Gasteiger partial charge is 0.347 e. The van der Waals surface area contributed by atoms with Crippen LogP contribution in [0.15, 0.2) is 0 Å². The quantitative estimate of drug-likeness (QED) is 0.121. The summed E-state index contributed by atoms with van der Waals surface area (Å²) in [4.78, 5) is 21.7. The van der Waals surface area contributed by atoms with Crippen LogP contribution < -0.4 is 5.32 Å². The lowest BCUT2D eigenvalue weighted by atomic mass is 9.95. The second kappa shape index (κ2) is 22.5. The number of hydrogen-bond acceptors (Lipinski definition) is 4. The Balaban J connectivity index is 3.84. The lowest BCUT2D eigenvalue weighted by Gasteiger charge is -2.18. The van der Waals surface area contributed by atoms with Crippen LogP contribution in [0.5, 0.6) is 0 Å². The number of ketones is 1. The maximum Gasteiger partial charge on any atom is 0.472 e. The highest BCUT2D eigenvalue weighted by Crippen LogP contribution is 2.43. The van der Waals surface area contributed by atoms with Gasteiger partial charge in [0.25, 0.3) is 0 Å². The molecule has 2 atom stereocenters. The molecule has 2 unspecified atom stereocenters. The molecule has 0 rings (SSSR count). The first-order valence-electron chi connectivity index (χ1n) is 13.4. The molecule has 7 heteroatoms. The molecule has 0 amide bonds. The van der Waals surface area contributed by atoms with Gasteiger partial charge in [0.2, 0.25) is 0 Å². The van der Waals surface area contributed by atoms with E-state index < -0.39 is 7.82 Å².